The normalized spacial score (nSPS) is 16.7. The summed E-state index contributed by atoms with van der Waals surface area (Å²) >= 11 is 1.57. The van der Waals surface area contributed by atoms with Gasteiger partial charge in [0.25, 0.3) is 11.8 Å². The molecule has 0 unspecified atom stereocenters. The van der Waals surface area contributed by atoms with Gasteiger partial charge in [-0.1, -0.05) is 30.3 Å². The van der Waals surface area contributed by atoms with Gasteiger partial charge in [0.15, 0.2) is 0 Å². The number of benzene rings is 2. The van der Waals surface area contributed by atoms with Gasteiger partial charge in [-0.2, -0.15) is 0 Å². The highest BCUT2D eigenvalue weighted by molar-refractivity contribution is 7.09. The van der Waals surface area contributed by atoms with Crippen LogP contribution in [0.4, 0.5) is 0 Å². The van der Waals surface area contributed by atoms with Crippen molar-refractivity contribution in [3.8, 4) is 11.5 Å². The van der Waals surface area contributed by atoms with Crippen LogP contribution in [0, 0.1) is 6.92 Å². The van der Waals surface area contributed by atoms with E-state index in [9.17, 15) is 9.59 Å². The largest absolute Gasteiger partial charge is 0.419 e. The van der Waals surface area contributed by atoms with Crippen LogP contribution >= 0.6 is 11.3 Å². The number of aromatic nitrogens is 3. The minimum atomic E-state index is -0.906. The van der Waals surface area contributed by atoms with Gasteiger partial charge in [0, 0.05) is 40.9 Å². The average molecular weight is 545 g/mol. The average Bonchev–Trinajstić information content (AvgIpc) is 3.69. The van der Waals surface area contributed by atoms with Crippen molar-refractivity contribution in [2.45, 2.75) is 51.6 Å². The number of likely N-dealkylation sites (tertiary alicyclic amines) is 1. The molecule has 2 amide bonds. The van der Waals surface area contributed by atoms with Gasteiger partial charge >= 0.3 is 0 Å². The molecular weight excluding hydrogens is 512 g/mol. The number of carbonyl (C=O) groups excluding carboxylic acids is 2. The molecule has 2 aromatic heterocycles. The Balaban J connectivity index is 1.48. The van der Waals surface area contributed by atoms with Crippen molar-refractivity contribution in [3.05, 3.63) is 87.2 Å². The van der Waals surface area contributed by atoms with E-state index in [4.69, 9.17) is 10.2 Å². The highest BCUT2D eigenvalue weighted by Crippen LogP contribution is 2.35. The summed E-state index contributed by atoms with van der Waals surface area (Å²) in [5.41, 5.74) is 8.88. The fourth-order valence-electron chi connectivity index (χ4n) is 4.89. The van der Waals surface area contributed by atoms with Crippen molar-refractivity contribution in [1.82, 2.24) is 25.4 Å². The number of thiazole rings is 1. The van der Waals surface area contributed by atoms with Crippen LogP contribution in [0.25, 0.3) is 11.5 Å². The Morgan fingerprint density at radius 1 is 1.18 bits per heavy atom. The number of nitrogens with one attached hydrogen (secondary N) is 1. The van der Waals surface area contributed by atoms with Gasteiger partial charge in [-0.05, 0) is 63.8 Å². The van der Waals surface area contributed by atoms with E-state index in [0.29, 0.717) is 36.2 Å². The van der Waals surface area contributed by atoms with Crippen LogP contribution in [0.2, 0.25) is 0 Å². The number of nitrogens with zero attached hydrogens (tertiary/aromatic N) is 4. The topological polar surface area (TPSA) is 127 Å². The molecule has 1 fully saturated rings. The summed E-state index contributed by atoms with van der Waals surface area (Å²) in [6, 6.07) is 14.8. The van der Waals surface area contributed by atoms with E-state index in [-0.39, 0.29) is 29.6 Å². The summed E-state index contributed by atoms with van der Waals surface area (Å²) in [6.07, 6.45) is 2.25. The number of hydrogen-bond donors (Lipinski definition) is 2. The second-order valence-electron chi connectivity index (χ2n) is 10.1. The molecule has 4 aromatic rings. The lowest BCUT2D eigenvalue weighted by molar-refractivity contribution is 0.0735. The molecule has 9 nitrogen and oxygen atoms in total. The Morgan fingerprint density at radius 3 is 2.67 bits per heavy atom. The molecule has 202 valence electrons. The number of carbonyl (C=O) groups is 2. The molecule has 39 heavy (non-hydrogen) atoms. The Bertz CT molecular complexity index is 1480. The lowest BCUT2D eigenvalue weighted by atomic mass is 9.94. The summed E-state index contributed by atoms with van der Waals surface area (Å²) in [4.78, 5) is 33.1. The van der Waals surface area contributed by atoms with Gasteiger partial charge in [-0.15, -0.1) is 21.5 Å². The summed E-state index contributed by atoms with van der Waals surface area (Å²) < 4.78 is 6.04. The molecule has 0 radical (unpaired) electrons. The smallest absolute Gasteiger partial charge is 0.254 e. The zero-order valence-electron chi connectivity index (χ0n) is 22.3. The third-order valence-electron chi connectivity index (χ3n) is 6.79. The van der Waals surface area contributed by atoms with E-state index < -0.39 is 5.54 Å². The van der Waals surface area contributed by atoms with Gasteiger partial charge in [0.05, 0.1) is 11.6 Å². The molecule has 3 N–H and O–H groups in total. The molecule has 2 atom stereocenters. The van der Waals surface area contributed by atoms with Crippen molar-refractivity contribution in [2.24, 2.45) is 5.73 Å². The molecule has 1 aliphatic rings. The summed E-state index contributed by atoms with van der Waals surface area (Å²) in [6.45, 7) is 6.72. The lowest BCUT2D eigenvalue weighted by Crippen LogP contribution is -2.35. The minimum Gasteiger partial charge on any atom is -0.419 e. The first-order chi connectivity index (χ1) is 18.7. The minimum absolute atomic E-state index is 0.0845. The second-order valence-corrected chi connectivity index (χ2v) is 11.0. The molecule has 10 heteroatoms. The van der Waals surface area contributed by atoms with Crippen LogP contribution in [0.3, 0.4) is 0 Å². The zero-order valence-corrected chi connectivity index (χ0v) is 23.1. The molecule has 0 saturated carbocycles. The first kappa shape index (κ1) is 26.7. The molecule has 1 saturated heterocycles. The molecule has 0 spiro atoms. The maximum Gasteiger partial charge on any atom is 0.254 e. The van der Waals surface area contributed by atoms with E-state index in [1.807, 2.05) is 61.4 Å². The maximum absolute atomic E-state index is 13.8. The van der Waals surface area contributed by atoms with E-state index in [1.54, 1.807) is 29.5 Å². The predicted octanol–water partition coefficient (Wildman–Crippen LogP) is 4.65. The van der Waals surface area contributed by atoms with E-state index in [2.05, 4.69) is 20.5 Å². The molecule has 2 aromatic carbocycles. The van der Waals surface area contributed by atoms with Crippen LogP contribution in [0.5, 0.6) is 0 Å². The highest BCUT2D eigenvalue weighted by Gasteiger charge is 2.34. The number of nitrogens with two attached hydrogens (primary N) is 1. The number of aryl methyl sites for hydroxylation is 1. The van der Waals surface area contributed by atoms with Gasteiger partial charge < -0.3 is 20.4 Å². The van der Waals surface area contributed by atoms with Crippen LogP contribution in [-0.4, -0.2) is 45.0 Å². The standard InChI is InChI=1S/C29H32N6O3S/c1-4-31-24(36)20-13-21(25-33-34-28(38-25)29(3,30)16-19-9-6-5-7-10-19)15-22(14-20)27(37)35-12-8-11-23(35)26-32-18(2)17-39-26/h5-7,9-10,13-15,17,23H,4,8,11-12,16,30H2,1-3H3,(H,31,36)/t23-,29-/m1/s1. The monoisotopic (exact) mass is 544 g/mol. The van der Waals surface area contributed by atoms with Crippen molar-refractivity contribution < 1.29 is 14.0 Å². The maximum atomic E-state index is 13.8. The molecule has 5 rings (SSSR count). The van der Waals surface area contributed by atoms with Crippen LogP contribution in [0.1, 0.15) is 75.6 Å². The Morgan fingerprint density at radius 2 is 1.95 bits per heavy atom. The Kier molecular flexibility index (Phi) is 7.58. The second kappa shape index (κ2) is 11.1. The summed E-state index contributed by atoms with van der Waals surface area (Å²) in [5.74, 6) is 0.0273. The third kappa shape index (κ3) is 5.76. The SMILES string of the molecule is CCNC(=O)c1cc(C(=O)N2CCC[C@@H]2c2nc(C)cs2)cc(-c2nnc([C@](C)(N)Cc3ccccc3)o2)c1. The Hall–Kier alpha value is -3.89. The van der Waals surface area contributed by atoms with Crippen LogP contribution in [0.15, 0.2) is 58.3 Å². The number of amides is 2. The molecule has 0 bridgehead atoms. The van der Waals surface area contributed by atoms with Crippen molar-refractivity contribution in [3.63, 3.8) is 0 Å². The van der Waals surface area contributed by atoms with Crippen LogP contribution < -0.4 is 11.1 Å². The molecule has 0 aliphatic carbocycles. The van der Waals surface area contributed by atoms with Crippen molar-refractivity contribution in [2.75, 3.05) is 13.1 Å². The number of rotatable bonds is 8. The van der Waals surface area contributed by atoms with Gasteiger partial charge in [0.2, 0.25) is 11.8 Å². The van der Waals surface area contributed by atoms with Gasteiger partial charge in [0.1, 0.15) is 5.01 Å². The quantitative estimate of drug-likeness (QED) is 0.331. The summed E-state index contributed by atoms with van der Waals surface area (Å²) in [7, 11) is 0. The number of hydrogen-bond acceptors (Lipinski definition) is 8. The summed E-state index contributed by atoms with van der Waals surface area (Å²) in [5, 5.41) is 14.2. The fraction of sp³-hybridized carbons (Fsp3) is 0.345. The Labute approximate surface area is 231 Å². The first-order valence-corrected chi connectivity index (χ1v) is 14.0. The molecule has 3 heterocycles. The van der Waals surface area contributed by atoms with Crippen molar-refractivity contribution >= 4 is 23.2 Å². The van der Waals surface area contributed by atoms with Gasteiger partial charge in [-0.3, -0.25) is 9.59 Å². The van der Waals surface area contributed by atoms with E-state index in [0.717, 1.165) is 29.1 Å². The molecule has 1 aliphatic heterocycles. The van der Waals surface area contributed by atoms with E-state index >= 15 is 0 Å². The van der Waals surface area contributed by atoms with Gasteiger partial charge in [-0.25, -0.2) is 4.98 Å². The van der Waals surface area contributed by atoms with Crippen molar-refractivity contribution in [1.29, 1.82) is 0 Å². The predicted molar refractivity (Wildman–Crippen MR) is 149 cm³/mol. The zero-order chi connectivity index (χ0) is 27.6. The van der Waals surface area contributed by atoms with E-state index in [1.165, 1.54) is 0 Å². The fourth-order valence-corrected chi connectivity index (χ4v) is 5.83. The first-order valence-electron chi connectivity index (χ1n) is 13.1. The highest BCUT2D eigenvalue weighted by atomic mass is 32.1. The molecular formula is C29H32N6O3S. The van der Waals surface area contributed by atoms with Crippen LogP contribution in [-0.2, 0) is 12.0 Å². The third-order valence-corrected chi connectivity index (χ3v) is 7.85. The lowest BCUT2D eigenvalue weighted by Gasteiger charge is -2.23.